The average Bonchev–Trinajstić information content (AvgIpc) is 2.73. The van der Waals surface area contributed by atoms with Crippen molar-refractivity contribution in [2.24, 2.45) is 0 Å². The summed E-state index contributed by atoms with van der Waals surface area (Å²) in [6, 6.07) is 19.8. The third-order valence-corrected chi connectivity index (χ3v) is 4.26. The molecule has 2 heterocycles. The van der Waals surface area contributed by atoms with E-state index >= 15 is 0 Å². The van der Waals surface area contributed by atoms with Gasteiger partial charge in [0.15, 0.2) is 11.6 Å². The van der Waals surface area contributed by atoms with Gasteiger partial charge in [-0.15, -0.1) is 0 Å². The van der Waals surface area contributed by atoms with Gasteiger partial charge in [-0.25, -0.2) is 15.0 Å². The molecule has 0 aliphatic rings. The van der Waals surface area contributed by atoms with Gasteiger partial charge >= 0.3 is 0 Å². The number of H-pyrrole nitrogens is 1. The van der Waals surface area contributed by atoms with Gasteiger partial charge in [0.05, 0.1) is 5.69 Å². The van der Waals surface area contributed by atoms with E-state index in [1.807, 2.05) is 24.3 Å². The zero-order chi connectivity index (χ0) is 19.3. The van der Waals surface area contributed by atoms with Gasteiger partial charge in [-0.2, -0.15) is 0 Å². The Morgan fingerprint density at radius 3 is 2.43 bits per heavy atom. The lowest BCUT2D eigenvalue weighted by molar-refractivity contribution is 1.05. The second-order valence-corrected chi connectivity index (χ2v) is 6.42. The predicted molar refractivity (Wildman–Crippen MR) is 111 cm³/mol. The molecular weight excluding hydrogens is 348 g/mol. The minimum atomic E-state index is -0.245. The zero-order valence-corrected chi connectivity index (χ0v) is 15.3. The molecule has 0 atom stereocenters. The summed E-state index contributed by atoms with van der Waals surface area (Å²) in [5.74, 6) is 0.734. The molecular formula is C23H18N4O. The smallest absolute Gasteiger partial charge is 0.251 e. The van der Waals surface area contributed by atoms with E-state index in [1.165, 1.54) is 17.2 Å². The lowest BCUT2D eigenvalue weighted by atomic mass is 10.0. The number of rotatable bonds is 4. The highest BCUT2D eigenvalue weighted by Crippen LogP contribution is 2.22. The summed E-state index contributed by atoms with van der Waals surface area (Å²) in [6.45, 7) is 2.08. The first kappa shape index (κ1) is 17.5. The van der Waals surface area contributed by atoms with Crippen molar-refractivity contribution in [2.75, 3.05) is 0 Å². The Morgan fingerprint density at radius 2 is 1.64 bits per heavy atom. The Hall–Kier alpha value is -3.86. The standard InChI is InChI=1S/C23H18N4O/c1-16-6-9-18(10-7-16)19-5-2-4-17(14-19)8-11-20-15-21(28)27-23(26-20)22-24-12-3-13-25-22/h2-15H,1H3,(H,26,27,28)/b11-8+. The van der Waals surface area contributed by atoms with Crippen molar-refractivity contribution in [2.45, 2.75) is 6.92 Å². The number of aromatic nitrogens is 4. The molecule has 1 N–H and O–H groups in total. The molecule has 5 heteroatoms. The van der Waals surface area contributed by atoms with Crippen molar-refractivity contribution in [3.8, 4) is 22.8 Å². The molecule has 0 aliphatic heterocycles. The van der Waals surface area contributed by atoms with Gasteiger partial charge in [0, 0.05) is 18.5 Å². The molecule has 0 saturated carbocycles. The number of nitrogens with one attached hydrogen (secondary N) is 1. The lowest BCUT2D eigenvalue weighted by Gasteiger charge is -2.04. The van der Waals surface area contributed by atoms with E-state index in [0.717, 1.165) is 11.1 Å². The number of benzene rings is 2. The summed E-state index contributed by atoms with van der Waals surface area (Å²) in [7, 11) is 0. The van der Waals surface area contributed by atoms with Crippen LogP contribution in [0.1, 0.15) is 16.8 Å². The highest BCUT2D eigenvalue weighted by Gasteiger charge is 2.05. The molecule has 0 aliphatic carbocycles. The van der Waals surface area contributed by atoms with Crippen LogP contribution in [0.25, 0.3) is 34.9 Å². The van der Waals surface area contributed by atoms with Crippen molar-refractivity contribution >= 4 is 12.2 Å². The van der Waals surface area contributed by atoms with Crippen LogP contribution in [0.2, 0.25) is 0 Å². The van der Waals surface area contributed by atoms with Crippen molar-refractivity contribution in [1.82, 2.24) is 19.9 Å². The first-order valence-corrected chi connectivity index (χ1v) is 8.91. The van der Waals surface area contributed by atoms with E-state index in [0.29, 0.717) is 17.3 Å². The number of hydrogen-bond acceptors (Lipinski definition) is 4. The van der Waals surface area contributed by atoms with E-state index in [4.69, 9.17) is 0 Å². The zero-order valence-electron chi connectivity index (χ0n) is 15.3. The Balaban J connectivity index is 1.63. The lowest BCUT2D eigenvalue weighted by Crippen LogP contribution is -2.09. The fourth-order valence-corrected chi connectivity index (χ4v) is 2.84. The SMILES string of the molecule is Cc1ccc(-c2cccc(/C=C/c3cc(=O)[nH]c(-c4ncccn4)n3)c2)cc1. The second-order valence-electron chi connectivity index (χ2n) is 6.42. The van der Waals surface area contributed by atoms with Crippen LogP contribution >= 0.6 is 0 Å². The highest BCUT2D eigenvalue weighted by molar-refractivity contribution is 5.73. The molecule has 0 bridgehead atoms. The van der Waals surface area contributed by atoms with Gasteiger partial charge in [0.2, 0.25) is 0 Å². The number of nitrogens with zero attached hydrogens (tertiary/aromatic N) is 3. The van der Waals surface area contributed by atoms with Crippen molar-refractivity contribution < 1.29 is 0 Å². The Labute approximate surface area is 162 Å². The van der Waals surface area contributed by atoms with E-state index in [-0.39, 0.29) is 5.56 Å². The fourth-order valence-electron chi connectivity index (χ4n) is 2.84. The maximum atomic E-state index is 12.0. The Kier molecular flexibility index (Phi) is 4.89. The first-order valence-electron chi connectivity index (χ1n) is 8.91. The molecule has 4 aromatic rings. The summed E-state index contributed by atoms with van der Waals surface area (Å²) in [5.41, 5.74) is 4.87. The van der Waals surface area contributed by atoms with E-state index in [1.54, 1.807) is 18.5 Å². The van der Waals surface area contributed by atoms with E-state index < -0.39 is 0 Å². The van der Waals surface area contributed by atoms with Crippen LogP contribution < -0.4 is 5.56 Å². The van der Waals surface area contributed by atoms with Crippen LogP contribution in [-0.4, -0.2) is 19.9 Å². The summed E-state index contributed by atoms with van der Waals surface area (Å²) in [6.07, 6.45) is 6.98. The molecule has 0 radical (unpaired) electrons. The number of aromatic amines is 1. The van der Waals surface area contributed by atoms with Gasteiger partial charge in [-0.1, -0.05) is 54.1 Å². The van der Waals surface area contributed by atoms with Crippen LogP contribution in [0.5, 0.6) is 0 Å². The molecule has 2 aromatic heterocycles. The average molecular weight is 366 g/mol. The van der Waals surface area contributed by atoms with Gasteiger partial charge < -0.3 is 4.98 Å². The molecule has 5 nitrogen and oxygen atoms in total. The highest BCUT2D eigenvalue weighted by atomic mass is 16.1. The van der Waals surface area contributed by atoms with Crippen molar-refractivity contribution in [1.29, 1.82) is 0 Å². The largest absolute Gasteiger partial charge is 0.304 e. The van der Waals surface area contributed by atoms with Gasteiger partial charge in [-0.05, 0) is 41.8 Å². The third kappa shape index (κ3) is 4.10. The minimum Gasteiger partial charge on any atom is -0.304 e. The molecule has 0 fully saturated rings. The summed E-state index contributed by atoms with van der Waals surface area (Å²) in [4.78, 5) is 27.4. The van der Waals surface area contributed by atoms with E-state index in [2.05, 4.69) is 63.3 Å². The minimum absolute atomic E-state index is 0.245. The van der Waals surface area contributed by atoms with Crippen LogP contribution in [0.3, 0.4) is 0 Å². The maximum absolute atomic E-state index is 12.0. The third-order valence-electron chi connectivity index (χ3n) is 4.26. The molecule has 0 unspecified atom stereocenters. The van der Waals surface area contributed by atoms with E-state index in [9.17, 15) is 4.79 Å². The monoisotopic (exact) mass is 366 g/mol. The predicted octanol–water partition coefficient (Wildman–Crippen LogP) is 4.37. The number of hydrogen-bond donors (Lipinski definition) is 1. The summed E-state index contributed by atoms with van der Waals surface area (Å²) in [5, 5.41) is 0. The number of aryl methyl sites for hydroxylation is 1. The van der Waals surface area contributed by atoms with Crippen LogP contribution in [-0.2, 0) is 0 Å². The molecule has 2 aromatic carbocycles. The molecule has 136 valence electrons. The first-order chi connectivity index (χ1) is 13.7. The summed E-state index contributed by atoms with van der Waals surface area (Å²) < 4.78 is 0. The quantitative estimate of drug-likeness (QED) is 0.582. The molecule has 0 amide bonds. The van der Waals surface area contributed by atoms with Crippen LogP contribution in [0.15, 0.2) is 77.9 Å². The Bertz CT molecular complexity index is 1180. The normalized spacial score (nSPS) is 11.0. The summed E-state index contributed by atoms with van der Waals surface area (Å²) >= 11 is 0. The Morgan fingerprint density at radius 1 is 0.857 bits per heavy atom. The van der Waals surface area contributed by atoms with Crippen molar-refractivity contribution in [3.05, 3.63) is 100 Å². The van der Waals surface area contributed by atoms with Gasteiger partial charge in [-0.3, -0.25) is 4.79 Å². The molecule has 0 spiro atoms. The van der Waals surface area contributed by atoms with Crippen LogP contribution in [0, 0.1) is 6.92 Å². The molecule has 4 rings (SSSR count). The molecule has 0 saturated heterocycles. The fraction of sp³-hybridized carbons (Fsp3) is 0.0435. The van der Waals surface area contributed by atoms with Gasteiger partial charge in [0.25, 0.3) is 5.56 Å². The maximum Gasteiger partial charge on any atom is 0.251 e. The van der Waals surface area contributed by atoms with Crippen molar-refractivity contribution in [3.63, 3.8) is 0 Å². The van der Waals surface area contributed by atoms with Gasteiger partial charge in [0.1, 0.15) is 0 Å². The topological polar surface area (TPSA) is 71.5 Å². The molecule has 28 heavy (non-hydrogen) atoms. The second kappa shape index (κ2) is 7.80. The van der Waals surface area contributed by atoms with Crippen LogP contribution in [0.4, 0.5) is 0 Å².